The molecule has 3 aromatic rings. The zero-order valence-corrected chi connectivity index (χ0v) is 26.7. The van der Waals surface area contributed by atoms with Gasteiger partial charge in [-0.2, -0.15) is 0 Å². The standard InChI is InChI=1S/C32H37Cl2N3O5S/c1-3-30(32(39)35-25-11-7-8-12-25)36(20-24-13-18-28(33)29(34)19-24)31(38)21-37(43(2,40)41)26-14-16-27(17-15-26)42-22-23-9-5-4-6-10-23/h4-6,9-10,13-19,25,30H,3,7-8,11-12,20-22H2,1-2H3,(H,35,39). The summed E-state index contributed by atoms with van der Waals surface area (Å²) in [7, 11) is -3.87. The van der Waals surface area contributed by atoms with E-state index in [4.69, 9.17) is 27.9 Å². The number of carbonyl (C=O) groups is 2. The zero-order valence-electron chi connectivity index (χ0n) is 24.3. The summed E-state index contributed by atoms with van der Waals surface area (Å²) in [6, 6.07) is 20.5. The number of carbonyl (C=O) groups excluding carboxylic acids is 2. The largest absolute Gasteiger partial charge is 0.489 e. The van der Waals surface area contributed by atoms with Crippen LogP contribution in [-0.2, 0) is 32.8 Å². The molecule has 0 saturated heterocycles. The SMILES string of the molecule is CCC(C(=O)NC1CCCC1)N(Cc1ccc(Cl)c(Cl)c1)C(=O)CN(c1ccc(OCc2ccccc2)cc1)S(C)(=O)=O. The first-order chi connectivity index (χ1) is 20.5. The van der Waals surface area contributed by atoms with Gasteiger partial charge in [0.2, 0.25) is 21.8 Å². The normalized spacial score (nSPS) is 14.2. The molecule has 0 radical (unpaired) electrons. The van der Waals surface area contributed by atoms with Crippen molar-refractivity contribution in [1.82, 2.24) is 10.2 Å². The molecule has 1 saturated carbocycles. The van der Waals surface area contributed by atoms with Gasteiger partial charge in [-0.15, -0.1) is 0 Å². The third-order valence-electron chi connectivity index (χ3n) is 7.48. The van der Waals surface area contributed by atoms with Crippen LogP contribution in [0.15, 0.2) is 72.8 Å². The van der Waals surface area contributed by atoms with E-state index in [2.05, 4.69) is 5.32 Å². The monoisotopic (exact) mass is 645 g/mol. The van der Waals surface area contributed by atoms with Gasteiger partial charge in [0.05, 0.1) is 22.0 Å². The summed E-state index contributed by atoms with van der Waals surface area (Å²) < 4.78 is 32.8. The van der Waals surface area contributed by atoms with Gasteiger partial charge in [-0.3, -0.25) is 13.9 Å². The van der Waals surface area contributed by atoms with Crippen molar-refractivity contribution in [2.24, 2.45) is 0 Å². The molecule has 11 heteroatoms. The molecule has 1 fully saturated rings. The maximum Gasteiger partial charge on any atom is 0.244 e. The number of hydrogen-bond acceptors (Lipinski definition) is 5. The molecule has 0 aliphatic heterocycles. The number of rotatable bonds is 13. The average molecular weight is 647 g/mol. The van der Waals surface area contributed by atoms with Crippen molar-refractivity contribution in [2.45, 2.75) is 64.3 Å². The minimum absolute atomic E-state index is 0.0518. The Balaban J connectivity index is 1.56. The number of nitrogens with zero attached hydrogens (tertiary/aromatic N) is 2. The molecule has 2 amide bonds. The molecule has 1 aliphatic rings. The Bertz CT molecular complexity index is 1500. The van der Waals surface area contributed by atoms with Gasteiger partial charge in [-0.1, -0.05) is 79.4 Å². The molecule has 4 rings (SSSR count). The summed E-state index contributed by atoms with van der Waals surface area (Å²) in [6.07, 6.45) is 5.29. The van der Waals surface area contributed by atoms with Crippen molar-refractivity contribution in [1.29, 1.82) is 0 Å². The van der Waals surface area contributed by atoms with Crippen molar-refractivity contribution in [3.63, 3.8) is 0 Å². The van der Waals surface area contributed by atoms with Crippen molar-refractivity contribution in [3.05, 3.63) is 94.0 Å². The summed E-state index contributed by atoms with van der Waals surface area (Å²) >= 11 is 12.4. The maximum absolute atomic E-state index is 14.0. The summed E-state index contributed by atoms with van der Waals surface area (Å²) in [5, 5.41) is 3.78. The summed E-state index contributed by atoms with van der Waals surface area (Å²) in [4.78, 5) is 28.8. The molecular weight excluding hydrogens is 609 g/mol. The van der Waals surface area contributed by atoms with Crippen LogP contribution < -0.4 is 14.4 Å². The van der Waals surface area contributed by atoms with E-state index in [-0.39, 0.29) is 18.5 Å². The lowest BCUT2D eigenvalue weighted by molar-refractivity contribution is -0.140. The molecule has 0 aromatic heterocycles. The Kier molecular flexibility index (Phi) is 11.3. The van der Waals surface area contributed by atoms with Gasteiger partial charge in [0.1, 0.15) is 24.9 Å². The first kappa shape index (κ1) is 32.6. The first-order valence-corrected chi connectivity index (χ1v) is 16.9. The molecule has 1 aliphatic carbocycles. The second-order valence-corrected chi connectivity index (χ2v) is 13.4. The highest BCUT2D eigenvalue weighted by molar-refractivity contribution is 7.92. The van der Waals surface area contributed by atoms with Gasteiger partial charge in [0.15, 0.2) is 0 Å². The van der Waals surface area contributed by atoms with Crippen molar-refractivity contribution >= 4 is 50.7 Å². The summed E-state index contributed by atoms with van der Waals surface area (Å²) in [5.74, 6) is -0.216. The minimum atomic E-state index is -3.87. The lowest BCUT2D eigenvalue weighted by Gasteiger charge is -2.33. The lowest BCUT2D eigenvalue weighted by Crippen LogP contribution is -2.53. The fraction of sp³-hybridized carbons (Fsp3) is 0.375. The number of amides is 2. The number of sulfonamides is 1. The summed E-state index contributed by atoms with van der Waals surface area (Å²) in [6.45, 7) is 1.75. The molecular formula is C32H37Cl2N3O5S. The van der Waals surface area contributed by atoms with E-state index in [0.29, 0.717) is 40.1 Å². The van der Waals surface area contributed by atoms with E-state index in [9.17, 15) is 18.0 Å². The van der Waals surface area contributed by atoms with Crippen LogP contribution in [0, 0.1) is 0 Å². The zero-order chi connectivity index (χ0) is 31.0. The van der Waals surface area contributed by atoms with Crippen LogP contribution in [0.4, 0.5) is 5.69 Å². The van der Waals surface area contributed by atoms with E-state index >= 15 is 0 Å². The van der Waals surface area contributed by atoms with Crippen molar-refractivity contribution < 1.29 is 22.7 Å². The van der Waals surface area contributed by atoms with Crippen LogP contribution in [0.1, 0.15) is 50.2 Å². The van der Waals surface area contributed by atoms with E-state index < -0.39 is 28.5 Å². The highest BCUT2D eigenvalue weighted by Crippen LogP contribution is 2.26. The van der Waals surface area contributed by atoms with Gasteiger partial charge in [0.25, 0.3) is 0 Å². The Labute approximate surface area is 264 Å². The number of nitrogens with one attached hydrogen (secondary N) is 1. The van der Waals surface area contributed by atoms with Crippen LogP contribution in [0.5, 0.6) is 5.75 Å². The maximum atomic E-state index is 14.0. The lowest BCUT2D eigenvalue weighted by atomic mass is 10.1. The average Bonchev–Trinajstić information content (AvgIpc) is 3.50. The van der Waals surface area contributed by atoms with Crippen molar-refractivity contribution in [3.8, 4) is 5.75 Å². The topological polar surface area (TPSA) is 96.0 Å². The second kappa shape index (κ2) is 14.9. The Morgan fingerprint density at radius 3 is 2.23 bits per heavy atom. The number of hydrogen-bond donors (Lipinski definition) is 1. The van der Waals surface area contributed by atoms with Crippen LogP contribution in [0.2, 0.25) is 10.0 Å². The van der Waals surface area contributed by atoms with Crippen LogP contribution >= 0.6 is 23.2 Å². The molecule has 0 heterocycles. The third-order valence-corrected chi connectivity index (χ3v) is 9.36. The van der Waals surface area contributed by atoms with Crippen molar-refractivity contribution in [2.75, 3.05) is 17.1 Å². The minimum Gasteiger partial charge on any atom is -0.489 e. The number of anilines is 1. The molecule has 230 valence electrons. The van der Waals surface area contributed by atoms with Gasteiger partial charge in [-0.25, -0.2) is 8.42 Å². The highest BCUT2D eigenvalue weighted by Gasteiger charge is 2.33. The van der Waals surface area contributed by atoms with Gasteiger partial charge in [-0.05, 0) is 66.8 Å². The fourth-order valence-corrected chi connectivity index (χ4v) is 6.36. The Morgan fingerprint density at radius 1 is 0.953 bits per heavy atom. The predicted molar refractivity (Wildman–Crippen MR) is 171 cm³/mol. The second-order valence-electron chi connectivity index (χ2n) is 10.7. The van der Waals surface area contributed by atoms with E-state index in [1.54, 1.807) is 42.5 Å². The molecule has 0 spiro atoms. The van der Waals surface area contributed by atoms with E-state index in [1.165, 1.54) is 4.90 Å². The summed E-state index contributed by atoms with van der Waals surface area (Å²) in [5.41, 5.74) is 1.97. The number of benzene rings is 3. The molecule has 43 heavy (non-hydrogen) atoms. The van der Waals surface area contributed by atoms with E-state index in [0.717, 1.165) is 41.8 Å². The van der Waals surface area contributed by atoms with Crippen LogP contribution in [0.25, 0.3) is 0 Å². The number of halogens is 2. The molecule has 3 aromatic carbocycles. The first-order valence-electron chi connectivity index (χ1n) is 14.3. The highest BCUT2D eigenvalue weighted by atomic mass is 35.5. The number of ether oxygens (including phenoxy) is 1. The fourth-order valence-electron chi connectivity index (χ4n) is 5.18. The van der Waals surface area contributed by atoms with Crippen LogP contribution in [0.3, 0.4) is 0 Å². The molecule has 0 bridgehead atoms. The van der Waals surface area contributed by atoms with Gasteiger partial charge >= 0.3 is 0 Å². The molecule has 1 N–H and O–H groups in total. The third kappa shape index (κ3) is 9.11. The van der Waals surface area contributed by atoms with Gasteiger partial charge < -0.3 is 15.0 Å². The Morgan fingerprint density at radius 2 is 1.63 bits per heavy atom. The molecule has 8 nitrogen and oxygen atoms in total. The Hall–Kier alpha value is -3.27. The van der Waals surface area contributed by atoms with E-state index in [1.807, 2.05) is 37.3 Å². The molecule has 1 atom stereocenters. The predicted octanol–water partition coefficient (Wildman–Crippen LogP) is 6.20. The molecule has 1 unspecified atom stereocenters. The quantitative estimate of drug-likeness (QED) is 0.239. The van der Waals surface area contributed by atoms with Crippen LogP contribution in [-0.4, -0.2) is 50.0 Å². The smallest absolute Gasteiger partial charge is 0.244 e. The van der Waals surface area contributed by atoms with Gasteiger partial charge in [0, 0.05) is 12.6 Å².